The highest BCUT2D eigenvalue weighted by Crippen LogP contribution is 2.39. The van der Waals surface area contributed by atoms with Gasteiger partial charge < -0.3 is 5.11 Å². The van der Waals surface area contributed by atoms with Gasteiger partial charge in [0.05, 0.1) is 0 Å². The first-order valence-corrected chi connectivity index (χ1v) is 7.58. The Morgan fingerprint density at radius 1 is 0.727 bits per heavy atom. The molecule has 1 unspecified atom stereocenters. The van der Waals surface area contributed by atoms with Crippen LogP contribution in [0.5, 0.6) is 5.75 Å². The molecule has 0 heterocycles. The van der Waals surface area contributed by atoms with Crippen LogP contribution in [0.2, 0.25) is 0 Å². The van der Waals surface area contributed by atoms with E-state index in [0.717, 1.165) is 12.0 Å². The summed E-state index contributed by atoms with van der Waals surface area (Å²) in [4.78, 5) is 0. The fourth-order valence-electron chi connectivity index (χ4n) is 3.10. The van der Waals surface area contributed by atoms with Crippen molar-refractivity contribution in [3.8, 4) is 5.75 Å². The third-order valence-corrected chi connectivity index (χ3v) is 4.31. The Hall–Kier alpha value is -2.54. The summed E-state index contributed by atoms with van der Waals surface area (Å²) in [6, 6.07) is 28.5. The Labute approximate surface area is 131 Å². The molecule has 1 atom stereocenters. The lowest BCUT2D eigenvalue weighted by Crippen LogP contribution is -2.26. The minimum Gasteiger partial charge on any atom is -0.508 e. The molecule has 0 fully saturated rings. The summed E-state index contributed by atoms with van der Waals surface area (Å²) in [5.41, 5.74) is 3.16. The first-order chi connectivity index (χ1) is 10.7. The molecular weight excluding hydrogens is 268 g/mol. The summed E-state index contributed by atoms with van der Waals surface area (Å²) in [5.74, 6) is 0.352. The van der Waals surface area contributed by atoms with E-state index in [4.69, 9.17) is 0 Å². The highest BCUT2D eigenvalue weighted by atomic mass is 16.3. The van der Waals surface area contributed by atoms with Crippen molar-refractivity contribution in [2.24, 2.45) is 0 Å². The Morgan fingerprint density at radius 3 is 1.91 bits per heavy atom. The molecule has 0 bridgehead atoms. The van der Waals surface area contributed by atoms with Crippen LogP contribution in [0.1, 0.15) is 23.6 Å². The van der Waals surface area contributed by atoms with Crippen LogP contribution in [-0.4, -0.2) is 5.11 Å². The lowest BCUT2D eigenvalue weighted by molar-refractivity contribution is 0.444. The summed E-state index contributed by atoms with van der Waals surface area (Å²) in [7, 11) is 0. The number of rotatable bonds is 4. The fraction of sp³-hybridized carbons (Fsp3) is 0.143. The molecule has 0 amide bonds. The van der Waals surface area contributed by atoms with E-state index in [9.17, 15) is 5.11 Å². The van der Waals surface area contributed by atoms with E-state index >= 15 is 0 Å². The monoisotopic (exact) mass is 288 g/mol. The molecule has 1 N–H and O–H groups in total. The molecule has 0 radical (unpaired) electrons. The molecule has 22 heavy (non-hydrogen) atoms. The second kappa shape index (κ2) is 6.07. The minimum atomic E-state index is -0.270. The lowest BCUT2D eigenvalue weighted by atomic mass is 9.72. The van der Waals surface area contributed by atoms with E-state index in [0.29, 0.717) is 5.75 Å². The predicted molar refractivity (Wildman–Crippen MR) is 91.1 cm³/mol. The van der Waals surface area contributed by atoms with Gasteiger partial charge in [0.1, 0.15) is 5.75 Å². The van der Waals surface area contributed by atoms with Gasteiger partial charge in [-0.2, -0.15) is 0 Å². The van der Waals surface area contributed by atoms with Gasteiger partial charge in [-0.3, -0.25) is 0 Å². The first-order valence-electron chi connectivity index (χ1n) is 7.58. The van der Waals surface area contributed by atoms with Crippen molar-refractivity contribution in [1.82, 2.24) is 0 Å². The minimum absolute atomic E-state index is 0.270. The molecule has 0 aliphatic rings. The third-order valence-electron chi connectivity index (χ3n) is 4.31. The van der Waals surface area contributed by atoms with E-state index in [1.54, 1.807) is 6.07 Å². The third kappa shape index (κ3) is 2.75. The SMILES string of the molecule is CC(Cc1ccccc1)(c1ccccc1)c1ccccc1O. The summed E-state index contributed by atoms with van der Waals surface area (Å²) in [6.07, 6.45) is 0.843. The molecule has 0 aliphatic carbocycles. The molecule has 0 saturated heterocycles. The van der Waals surface area contributed by atoms with Gasteiger partial charge in [0.15, 0.2) is 0 Å². The highest BCUT2D eigenvalue weighted by molar-refractivity contribution is 5.47. The summed E-state index contributed by atoms with van der Waals surface area (Å²) >= 11 is 0. The normalized spacial score (nSPS) is 13.5. The highest BCUT2D eigenvalue weighted by Gasteiger charge is 2.31. The first kappa shape index (κ1) is 14.4. The topological polar surface area (TPSA) is 20.2 Å². The Kier molecular flexibility index (Phi) is 3.97. The van der Waals surface area contributed by atoms with Crippen LogP contribution in [-0.2, 0) is 11.8 Å². The number of hydrogen-bond acceptors (Lipinski definition) is 1. The van der Waals surface area contributed by atoms with Crippen molar-refractivity contribution in [2.75, 3.05) is 0 Å². The standard InChI is InChI=1S/C21H20O/c1-21(18-12-6-3-7-13-18,16-17-10-4-2-5-11-17)19-14-8-9-15-20(19)22/h2-15,22H,16H2,1H3. The van der Waals surface area contributed by atoms with Crippen LogP contribution in [0.3, 0.4) is 0 Å². The van der Waals surface area contributed by atoms with Crippen molar-refractivity contribution in [3.63, 3.8) is 0 Å². The van der Waals surface area contributed by atoms with Crippen LogP contribution >= 0.6 is 0 Å². The van der Waals surface area contributed by atoms with E-state index in [1.165, 1.54) is 11.1 Å². The second-order valence-electron chi connectivity index (χ2n) is 5.88. The molecule has 1 heteroatoms. The van der Waals surface area contributed by atoms with Gasteiger partial charge in [-0.05, 0) is 23.6 Å². The van der Waals surface area contributed by atoms with Gasteiger partial charge in [0, 0.05) is 11.0 Å². The lowest BCUT2D eigenvalue weighted by Gasteiger charge is -2.32. The van der Waals surface area contributed by atoms with Gasteiger partial charge in [-0.15, -0.1) is 0 Å². The van der Waals surface area contributed by atoms with E-state index in [-0.39, 0.29) is 5.41 Å². The van der Waals surface area contributed by atoms with Crippen LogP contribution < -0.4 is 0 Å². The fourth-order valence-corrected chi connectivity index (χ4v) is 3.10. The van der Waals surface area contributed by atoms with Crippen molar-refractivity contribution in [1.29, 1.82) is 0 Å². The maximum atomic E-state index is 10.4. The Balaban J connectivity index is 2.12. The molecule has 0 spiro atoms. The number of hydrogen-bond donors (Lipinski definition) is 1. The predicted octanol–water partition coefficient (Wildman–Crippen LogP) is 4.94. The summed E-state index contributed by atoms with van der Waals surface area (Å²) in [5, 5.41) is 10.4. The zero-order valence-corrected chi connectivity index (χ0v) is 12.7. The van der Waals surface area contributed by atoms with Crippen LogP contribution in [0, 0.1) is 0 Å². The van der Waals surface area contributed by atoms with Crippen molar-refractivity contribution in [3.05, 3.63) is 102 Å². The largest absolute Gasteiger partial charge is 0.508 e. The molecule has 3 aromatic carbocycles. The summed E-state index contributed by atoms with van der Waals surface area (Å²) in [6.45, 7) is 2.20. The Bertz CT molecular complexity index is 734. The van der Waals surface area contributed by atoms with Crippen LogP contribution in [0.15, 0.2) is 84.9 Å². The van der Waals surface area contributed by atoms with Crippen molar-refractivity contribution in [2.45, 2.75) is 18.8 Å². The average molecular weight is 288 g/mol. The molecule has 0 aliphatic heterocycles. The van der Waals surface area contributed by atoms with E-state index < -0.39 is 0 Å². The van der Waals surface area contributed by atoms with Gasteiger partial charge in [-0.25, -0.2) is 0 Å². The van der Waals surface area contributed by atoms with Gasteiger partial charge in [0.2, 0.25) is 0 Å². The van der Waals surface area contributed by atoms with Crippen LogP contribution in [0.4, 0.5) is 0 Å². The van der Waals surface area contributed by atoms with E-state index in [1.807, 2.05) is 30.3 Å². The van der Waals surface area contributed by atoms with Gasteiger partial charge in [-0.1, -0.05) is 85.8 Å². The molecule has 3 aromatic rings. The van der Waals surface area contributed by atoms with Crippen LogP contribution in [0.25, 0.3) is 0 Å². The van der Waals surface area contributed by atoms with Crippen molar-refractivity contribution < 1.29 is 5.11 Å². The van der Waals surface area contributed by atoms with Gasteiger partial charge >= 0.3 is 0 Å². The number of para-hydroxylation sites is 1. The van der Waals surface area contributed by atoms with Crippen molar-refractivity contribution >= 4 is 0 Å². The van der Waals surface area contributed by atoms with E-state index in [2.05, 4.69) is 55.5 Å². The Morgan fingerprint density at radius 2 is 1.27 bits per heavy atom. The molecule has 0 saturated carbocycles. The summed E-state index contributed by atoms with van der Waals surface area (Å²) < 4.78 is 0. The molecule has 1 nitrogen and oxygen atoms in total. The molecular formula is C21H20O. The number of benzene rings is 3. The molecule has 110 valence electrons. The molecule has 3 rings (SSSR count). The maximum Gasteiger partial charge on any atom is 0.119 e. The number of aromatic hydroxyl groups is 1. The van der Waals surface area contributed by atoms with Gasteiger partial charge in [0.25, 0.3) is 0 Å². The smallest absolute Gasteiger partial charge is 0.119 e. The second-order valence-corrected chi connectivity index (χ2v) is 5.88. The zero-order valence-electron chi connectivity index (χ0n) is 12.7. The average Bonchev–Trinajstić information content (AvgIpc) is 2.57. The number of phenolic OH excluding ortho intramolecular Hbond substituents is 1. The zero-order chi connectivity index (χ0) is 15.4. The quantitative estimate of drug-likeness (QED) is 0.721. The maximum absolute atomic E-state index is 10.4. The molecule has 0 aromatic heterocycles. The number of phenols is 1.